The van der Waals surface area contributed by atoms with Crippen LogP contribution >= 0.6 is 0 Å². The summed E-state index contributed by atoms with van der Waals surface area (Å²) in [5, 5.41) is 24.1. The molecule has 204 valence electrons. The van der Waals surface area contributed by atoms with Crippen LogP contribution in [0.25, 0.3) is 0 Å². The van der Waals surface area contributed by atoms with E-state index >= 15 is 0 Å². The smallest absolute Gasteiger partial charge is 0.326 e. The summed E-state index contributed by atoms with van der Waals surface area (Å²) >= 11 is 0. The first-order chi connectivity index (χ1) is 17.4. The highest BCUT2D eigenvalue weighted by Gasteiger charge is 2.38. The second kappa shape index (κ2) is 13.6. The van der Waals surface area contributed by atoms with Crippen molar-refractivity contribution in [2.45, 2.75) is 76.5 Å². The fourth-order valence-corrected chi connectivity index (χ4v) is 4.15. The second-order valence-electron chi connectivity index (χ2n) is 9.44. The van der Waals surface area contributed by atoms with Gasteiger partial charge in [-0.1, -0.05) is 32.4 Å². The first-order valence-electron chi connectivity index (χ1n) is 12.4. The van der Waals surface area contributed by atoms with Crippen molar-refractivity contribution in [1.82, 2.24) is 15.5 Å². The Kier molecular flexibility index (Phi) is 10.9. The van der Waals surface area contributed by atoms with Gasteiger partial charge in [0.15, 0.2) is 0 Å². The molecule has 0 aromatic heterocycles. The Labute approximate surface area is 215 Å². The van der Waals surface area contributed by atoms with Crippen LogP contribution in [0.5, 0.6) is 5.75 Å². The number of phenols is 1. The van der Waals surface area contributed by atoms with Gasteiger partial charge in [0, 0.05) is 19.4 Å². The quantitative estimate of drug-likeness (QED) is 0.202. The molecule has 37 heavy (non-hydrogen) atoms. The molecular weight excluding hydrogens is 482 g/mol. The van der Waals surface area contributed by atoms with Crippen LogP contribution in [0.1, 0.15) is 51.5 Å². The Balaban J connectivity index is 2.22. The zero-order valence-electron chi connectivity index (χ0n) is 21.2. The third-order valence-electron chi connectivity index (χ3n) is 6.68. The summed E-state index contributed by atoms with van der Waals surface area (Å²) in [5.41, 5.74) is 11.8. The number of carbonyl (C=O) groups is 5. The molecular formula is C25H37N5O7. The van der Waals surface area contributed by atoms with Gasteiger partial charge in [-0.05, 0) is 42.9 Å². The molecule has 0 radical (unpaired) electrons. The van der Waals surface area contributed by atoms with Crippen LogP contribution in [0.3, 0.4) is 0 Å². The Morgan fingerprint density at radius 1 is 1.11 bits per heavy atom. The monoisotopic (exact) mass is 519 g/mol. The van der Waals surface area contributed by atoms with E-state index in [0.717, 1.165) is 0 Å². The molecule has 5 atom stereocenters. The predicted molar refractivity (Wildman–Crippen MR) is 134 cm³/mol. The maximum absolute atomic E-state index is 13.3. The van der Waals surface area contributed by atoms with Crippen LogP contribution in [0, 0.1) is 5.92 Å². The molecule has 0 bridgehead atoms. The standard InChI is InChI=1S/C25H37N5O7/c1-3-14(2)21(27)24(35)30-12-4-5-19(30)23(34)29-18(13-15-6-8-16(31)9-7-15)22(33)28-17(25(36)37)10-11-20(26)32/h6-9,14,17-19,21,31H,3-5,10-13,27H2,1-2H3,(H2,26,32)(H,28,33)(H,29,34)(H,36,37). The number of carbonyl (C=O) groups excluding carboxylic acids is 4. The lowest BCUT2D eigenvalue weighted by Gasteiger charge is -2.30. The first kappa shape index (κ1) is 29.6. The van der Waals surface area contributed by atoms with E-state index in [9.17, 15) is 34.2 Å². The fourth-order valence-electron chi connectivity index (χ4n) is 4.15. The topological polar surface area (TPSA) is 205 Å². The van der Waals surface area contributed by atoms with Gasteiger partial charge in [0.25, 0.3) is 0 Å². The number of primary amides is 1. The minimum Gasteiger partial charge on any atom is -0.508 e. The van der Waals surface area contributed by atoms with Gasteiger partial charge in [0.05, 0.1) is 6.04 Å². The van der Waals surface area contributed by atoms with E-state index in [1.54, 1.807) is 12.1 Å². The minimum atomic E-state index is -1.39. The van der Waals surface area contributed by atoms with E-state index in [0.29, 0.717) is 31.4 Å². The molecule has 8 N–H and O–H groups in total. The number of carboxylic acid groups (broad SMARTS) is 1. The first-order valence-corrected chi connectivity index (χ1v) is 12.4. The molecule has 1 heterocycles. The molecule has 12 heteroatoms. The maximum atomic E-state index is 13.3. The van der Waals surface area contributed by atoms with Gasteiger partial charge in [-0.2, -0.15) is 0 Å². The van der Waals surface area contributed by atoms with Gasteiger partial charge in [0.2, 0.25) is 23.6 Å². The van der Waals surface area contributed by atoms with Crippen LogP contribution in [-0.2, 0) is 30.4 Å². The largest absolute Gasteiger partial charge is 0.508 e. The molecule has 1 aliphatic rings. The molecule has 4 amide bonds. The van der Waals surface area contributed by atoms with Crippen molar-refractivity contribution in [2.75, 3.05) is 6.54 Å². The number of nitrogens with zero attached hydrogens (tertiary/aromatic N) is 1. The number of aromatic hydroxyl groups is 1. The predicted octanol–water partition coefficient (Wildman–Crippen LogP) is -0.381. The zero-order valence-corrected chi connectivity index (χ0v) is 21.2. The molecule has 1 aliphatic heterocycles. The van der Waals surface area contributed by atoms with Crippen molar-refractivity contribution in [1.29, 1.82) is 0 Å². The van der Waals surface area contributed by atoms with Crippen molar-refractivity contribution in [3.8, 4) is 5.75 Å². The van der Waals surface area contributed by atoms with E-state index < -0.39 is 47.9 Å². The molecule has 1 aromatic carbocycles. The van der Waals surface area contributed by atoms with Gasteiger partial charge < -0.3 is 37.2 Å². The van der Waals surface area contributed by atoms with Crippen molar-refractivity contribution in [2.24, 2.45) is 17.4 Å². The Morgan fingerprint density at radius 3 is 2.32 bits per heavy atom. The molecule has 0 saturated carbocycles. The summed E-state index contributed by atoms with van der Waals surface area (Å²) in [6.07, 6.45) is 1.23. The summed E-state index contributed by atoms with van der Waals surface area (Å²) in [6.45, 7) is 4.15. The minimum absolute atomic E-state index is 0.00688. The van der Waals surface area contributed by atoms with E-state index in [1.807, 2.05) is 13.8 Å². The number of hydrogen-bond donors (Lipinski definition) is 6. The third-order valence-corrected chi connectivity index (χ3v) is 6.68. The van der Waals surface area contributed by atoms with E-state index in [2.05, 4.69) is 10.6 Å². The lowest BCUT2D eigenvalue weighted by molar-refractivity contribution is -0.143. The van der Waals surface area contributed by atoms with Crippen molar-refractivity contribution in [3.05, 3.63) is 29.8 Å². The lowest BCUT2D eigenvalue weighted by atomic mass is 9.98. The molecule has 12 nitrogen and oxygen atoms in total. The molecule has 1 saturated heterocycles. The summed E-state index contributed by atoms with van der Waals surface area (Å²) in [6, 6.07) is 1.84. The van der Waals surface area contributed by atoms with Gasteiger partial charge in [0.1, 0.15) is 23.9 Å². The van der Waals surface area contributed by atoms with Gasteiger partial charge in [-0.25, -0.2) is 4.79 Å². The number of nitrogens with two attached hydrogens (primary N) is 2. The molecule has 0 aliphatic carbocycles. The van der Waals surface area contributed by atoms with Gasteiger partial charge >= 0.3 is 5.97 Å². The Hall–Kier alpha value is -3.67. The normalized spacial score (nSPS) is 18.4. The molecule has 1 aromatic rings. The maximum Gasteiger partial charge on any atom is 0.326 e. The summed E-state index contributed by atoms with van der Waals surface area (Å²) in [4.78, 5) is 63.5. The Morgan fingerprint density at radius 2 is 1.76 bits per heavy atom. The van der Waals surface area contributed by atoms with Crippen LogP contribution in [0.4, 0.5) is 0 Å². The van der Waals surface area contributed by atoms with Crippen molar-refractivity contribution < 1.29 is 34.2 Å². The number of rotatable bonds is 13. The summed E-state index contributed by atoms with van der Waals surface area (Å²) in [5.74, 6) is -3.77. The number of hydrogen-bond acceptors (Lipinski definition) is 7. The molecule has 5 unspecified atom stereocenters. The van der Waals surface area contributed by atoms with Gasteiger partial charge in [-0.3, -0.25) is 19.2 Å². The molecule has 2 rings (SSSR count). The third kappa shape index (κ3) is 8.45. The average Bonchev–Trinajstić information content (AvgIpc) is 3.35. The SMILES string of the molecule is CCC(C)C(N)C(=O)N1CCCC1C(=O)NC(Cc1ccc(O)cc1)C(=O)NC(CCC(N)=O)C(=O)O. The number of phenolic OH excluding ortho intramolecular Hbond substituents is 1. The number of nitrogens with one attached hydrogen (secondary N) is 2. The number of carboxylic acids is 1. The van der Waals surface area contributed by atoms with E-state index in [-0.39, 0.29) is 36.8 Å². The number of amides is 4. The number of likely N-dealkylation sites (tertiary alicyclic amines) is 1. The van der Waals surface area contributed by atoms with E-state index in [4.69, 9.17) is 11.5 Å². The van der Waals surface area contributed by atoms with Gasteiger partial charge in [-0.15, -0.1) is 0 Å². The van der Waals surface area contributed by atoms with Crippen LogP contribution in [-0.4, -0.2) is 75.4 Å². The highest BCUT2D eigenvalue weighted by atomic mass is 16.4. The molecule has 1 fully saturated rings. The van der Waals surface area contributed by atoms with Crippen LogP contribution in [0.15, 0.2) is 24.3 Å². The number of benzene rings is 1. The van der Waals surface area contributed by atoms with Crippen LogP contribution < -0.4 is 22.1 Å². The van der Waals surface area contributed by atoms with Crippen LogP contribution in [0.2, 0.25) is 0 Å². The average molecular weight is 520 g/mol. The Bertz CT molecular complexity index is 984. The highest BCUT2D eigenvalue weighted by Crippen LogP contribution is 2.21. The lowest BCUT2D eigenvalue weighted by Crippen LogP contribution is -2.57. The summed E-state index contributed by atoms with van der Waals surface area (Å²) < 4.78 is 0. The number of aliphatic carboxylic acids is 1. The van der Waals surface area contributed by atoms with Crippen molar-refractivity contribution >= 4 is 29.6 Å². The fraction of sp³-hybridized carbons (Fsp3) is 0.560. The molecule has 0 spiro atoms. The summed E-state index contributed by atoms with van der Waals surface area (Å²) in [7, 11) is 0. The highest BCUT2D eigenvalue weighted by molar-refractivity contribution is 5.94. The van der Waals surface area contributed by atoms with E-state index in [1.165, 1.54) is 17.0 Å². The van der Waals surface area contributed by atoms with Crippen molar-refractivity contribution in [3.63, 3.8) is 0 Å². The zero-order chi connectivity index (χ0) is 27.7. The second-order valence-corrected chi connectivity index (χ2v) is 9.44.